The number of aromatic nitrogens is 2. The Morgan fingerprint density at radius 3 is 2.83 bits per heavy atom. The standard InChI is InChI=1S/C17H15ClN4O/c18-13-3-1-11(2-4-13)14-6-7-20-10-15(14)22-17(23)12-5-8-21-16(19)9-12/h1,3,5-10H,2,4H2,(H2,19,21)(H,22,23). The first kappa shape index (κ1) is 15.2. The van der Waals surface area contributed by atoms with Gasteiger partial charge in [-0.25, -0.2) is 4.98 Å². The number of pyridine rings is 2. The van der Waals surface area contributed by atoms with Gasteiger partial charge in [-0.05, 0) is 42.7 Å². The van der Waals surface area contributed by atoms with Crippen LogP contribution < -0.4 is 11.1 Å². The Morgan fingerprint density at radius 1 is 1.22 bits per heavy atom. The average molecular weight is 327 g/mol. The molecular weight excluding hydrogens is 312 g/mol. The van der Waals surface area contributed by atoms with Gasteiger partial charge in [0.05, 0.1) is 11.9 Å². The highest BCUT2D eigenvalue weighted by atomic mass is 35.5. The predicted octanol–water partition coefficient (Wildman–Crippen LogP) is 3.61. The summed E-state index contributed by atoms with van der Waals surface area (Å²) in [4.78, 5) is 20.4. The van der Waals surface area contributed by atoms with Crippen LogP contribution in [0.25, 0.3) is 5.57 Å². The number of nitrogens with one attached hydrogen (secondary N) is 1. The van der Waals surface area contributed by atoms with E-state index in [0.717, 1.165) is 29.0 Å². The van der Waals surface area contributed by atoms with E-state index in [0.29, 0.717) is 17.1 Å². The number of nitrogens with zero attached hydrogens (tertiary/aromatic N) is 2. The summed E-state index contributed by atoms with van der Waals surface area (Å²) in [6, 6.07) is 5.04. The molecule has 0 aromatic carbocycles. The van der Waals surface area contributed by atoms with Crippen LogP contribution in [0.5, 0.6) is 0 Å². The Hall–Kier alpha value is -2.66. The van der Waals surface area contributed by atoms with Crippen molar-refractivity contribution in [3.05, 3.63) is 65.1 Å². The van der Waals surface area contributed by atoms with Gasteiger partial charge in [0.25, 0.3) is 5.91 Å². The number of carbonyl (C=O) groups excluding carboxylic acids is 1. The molecule has 2 heterocycles. The third-order valence-corrected chi connectivity index (χ3v) is 3.87. The molecule has 0 aliphatic heterocycles. The third kappa shape index (κ3) is 3.57. The molecule has 1 aliphatic rings. The van der Waals surface area contributed by atoms with Gasteiger partial charge in [0.1, 0.15) is 5.82 Å². The smallest absolute Gasteiger partial charge is 0.255 e. The summed E-state index contributed by atoms with van der Waals surface area (Å²) in [5, 5.41) is 3.72. The van der Waals surface area contributed by atoms with E-state index >= 15 is 0 Å². The minimum absolute atomic E-state index is 0.252. The van der Waals surface area contributed by atoms with Gasteiger partial charge in [0, 0.05) is 28.6 Å². The molecule has 0 spiro atoms. The van der Waals surface area contributed by atoms with Crippen LogP contribution in [0.15, 0.2) is 54.0 Å². The minimum atomic E-state index is -0.252. The van der Waals surface area contributed by atoms with Gasteiger partial charge in [0.15, 0.2) is 0 Å². The first-order chi connectivity index (χ1) is 11.1. The molecule has 0 atom stereocenters. The zero-order valence-electron chi connectivity index (χ0n) is 12.3. The number of hydrogen-bond donors (Lipinski definition) is 2. The Balaban J connectivity index is 1.88. The summed E-state index contributed by atoms with van der Waals surface area (Å²) in [5.74, 6) is 0.0529. The highest BCUT2D eigenvalue weighted by Gasteiger charge is 2.14. The molecule has 0 saturated heterocycles. The van der Waals surface area contributed by atoms with Crippen molar-refractivity contribution in [3.63, 3.8) is 0 Å². The van der Waals surface area contributed by atoms with Crippen molar-refractivity contribution in [3.8, 4) is 0 Å². The van der Waals surface area contributed by atoms with Crippen LogP contribution >= 0.6 is 11.6 Å². The summed E-state index contributed by atoms with van der Waals surface area (Å²) >= 11 is 6.01. The van der Waals surface area contributed by atoms with Gasteiger partial charge in [-0.15, -0.1) is 0 Å². The summed E-state index contributed by atoms with van der Waals surface area (Å²) < 4.78 is 0. The van der Waals surface area contributed by atoms with Crippen LogP contribution in [0.3, 0.4) is 0 Å². The van der Waals surface area contributed by atoms with Crippen molar-refractivity contribution in [2.45, 2.75) is 12.8 Å². The summed E-state index contributed by atoms with van der Waals surface area (Å²) in [6.07, 6.45) is 10.3. The van der Waals surface area contributed by atoms with Crippen molar-refractivity contribution in [2.75, 3.05) is 11.1 Å². The summed E-state index contributed by atoms with van der Waals surface area (Å²) in [5.41, 5.74) is 8.78. The lowest BCUT2D eigenvalue weighted by Crippen LogP contribution is -2.14. The van der Waals surface area contributed by atoms with E-state index in [1.165, 1.54) is 12.3 Å². The third-order valence-electron chi connectivity index (χ3n) is 3.56. The number of hydrogen-bond acceptors (Lipinski definition) is 4. The van der Waals surface area contributed by atoms with Gasteiger partial charge < -0.3 is 11.1 Å². The lowest BCUT2D eigenvalue weighted by Gasteiger charge is -2.15. The highest BCUT2D eigenvalue weighted by Crippen LogP contribution is 2.32. The molecule has 6 heteroatoms. The molecule has 2 aromatic rings. The quantitative estimate of drug-likeness (QED) is 0.902. The van der Waals surface area contributed by atoms with Gasteiger partial charge in [-0.1, -0.05) is 17.7 Å². The van der Waals surface area contributed by atoms with Gasteiger partial charge in [0.2, 0.25) is 0 Å². The maximum Gasteiger partial charge on any atom is 0.255 e. The lowest BCUT2D eigenvalue weighted by molar-refractivity contribution is 0.102. The van der Waals surface area contributed by atoms with Crippen LogP contribution in [0, 0.1) is 0 Å². The van der Waals surface area contributed by atoms with Crippen molar-refractivity contribution >= 4 is 34.6 Å². The fraction of sp³-hybridized carbons (Fsp3) is 0.118. The lowest BCUT2D eigenvalue weighted by atomic mass is 9.97. The monoisotopic (exact) mass is 326 g/mol. The van der Waals surface area contributed by atoms with Gasteiger partial charge >= 0.3 is 0 Å². The number of rotatable bonds is 3. The number of allylic oxidation sites excluding steroid dienone is 4. The van der Waals surface area contributed by atoms with E-state index in [2.05, 4.69) is 15.3 Å². The number of amides is 1. The van der Waals surface area contributed by atoms with Crippen LogP contribution in [0.4, 0.5) is 11.5 Å². The molecule has 116 valence electrons. The molecule has 0 bridgehead atoms. The van der Waals surface area contributed by atoms with Crippen LogP contribution in [-0.4, -0.2) is 15.9 Å². The van der Waals surface area contributed by atoms with Crippen LogP contribution in [-0.2, 0) is 0 Å². The number of halogens is 1. The molecule has 1 aliphatic carbocycles. The zero-order chi connectivity index (χ0) is 16.2. The van der Waals surface area contributed by atoms with Gasteiger partial charge in [-0.2, -0.15) is 0 Å². The van der Waals surface area contributed by atoms with E-state index in [9.17, 15) is 4.79 Å². The fourth-order valence-corrected chi connectivity index (χ4v) is 2.55. The van der Waals surface area contributed by atoms with Crippen LogP contribution in [0.2, 0.25) is 0 Å². The van der Waals surface area contributed by atoms with Gasteiger partial charge in [-0.3, -0.25) is 9.78 Å². The predicted molar refractivity (Wildman–Crippen MR) is 92.0 cm³/mol. The van der Waals surface area contributed by atoms with Crippen molar-refractivity contribution in [1.29, 1.82) is 0 Å². The Labute approximate surface area is 138 Å². The number of anilines is 2. The molecule has 0 radical (unpaired) electrons. The Kier molecular flexibility index (Phi) is 4.39. The largest absolute Gasteiger partial charge is 0.384 e. The van der Waals surface area contributed by atoms with E-state index in [4.69, 9.17) is 17.3 Å². The van der Waals surface area contributed by atoms with E-state index in [1.54, 1.807) is 18.5 Å². The second kappa shape index (κ2) is 6.62. The number of nitrogen functional groups attached to an aromatic ring is 1. The zero-order valence-corrected chi connectivity index (χ0v) is 13.0. The fourth-order valence-electron chi connectivity index (χ4n) is 2.39. The molecule has 3 rings (SSSR count). The van der Waals surface area contributed by atoms with E-state index < -0.39 is 0 Å². The normalized spacial score (nSPS) is 14.0. The van der Waals surface area contributed by atoms with Crippen LogP contribution in [0.1, 0.15) is 28.8 Å². The SMILES string of the molecule is Nc1cc(C(=O)Nc2cnccc2C2=CC=C(Cl)CC2)ccn1. The Bertz CT molecular complexity index is 814. The summed E-state index contributed by atoms with van der Waals surface area (Å²) in [7, 11) is 0. The highest BCUT2D eigenvalue weighted by molar-refractivity contribution is 6.30. The number of carbonyl (C=O) groups is 1. The van der Waals surface area contributed by atoms with E-state index in [-0.39, 0.29) is 5.91 Å². The molecule has 1 amide bonds. The molecule has 3 N–H and O–H groups in total. The molecule has 5 nitrogen and oxygen atoms in total. The molecular formula is C17H15ClN4O. The minimum Gasteiger partial charge on any atom is -0.384 e. The van der Waals surface area contributed by atoms with Crippen molar-refractivity contribution in [2.24, 2.45) is 0 Å². The number of nitrogens with two attached hydrogens (primary N) is 1. The maximum atomic E-state index is 12.4. The topological polar surface area (TPSA) is 80.9 Å². The molecule has 0 saturated carbocycles. The average Bonchev–Trinajstić information content (AvgIpc) is 2.56. The van der Waals surface area contributed by atoms with E-state index in [1.807, 2.05) is 18.2 Å². The molecule has 0 fully saturated rings. The van der Waals surface area contributed by atoms with Crippen molar-refractivity contribution < 1.29 is 4.79 Å². The molecule has 23 heavy (non-hydrogen) atoms. The Morgan fingerprint density at radius 2 is 2.09 bits per heavy atom. The first-order valence-corrected chi connectivity index (χ1v) is 7.54. The maximum absolute atomic E-state index is 12.4. The molecule has 2 aromatic heterocycles. The summed E-state index contributed by atoms with van der Waals surface area (Å²) in [6.45, 7) is 0. The second-order valence-corrected chi connectivity index (χ2v) is 5.64. The second-order valence-electron chi connectivity index (χ2n) is 5.15. The van der Waals surface area contributed by atoms with Crippen molar-refractivity contribution in [1.82, 2.24) is 9.97 Å². The molecule has 0 unspecified atom stereocenters. The first-order valence-electron chi connectivity index (χ1n) is 7.16.